The Labute approximate surface area is 72.7 Å². The number of rotatable bonds is 3. The minimum absolute atomic E-state index is 0.174. The lowest BCUT2D eigenvalue weighted by Crippen LogP contribution is -2.30. The lowest BCUT2D eigenvalue weighted by molar-refractivity contribution is -0.141. The molecule has 0 saturated carbocycles. The third-order valence-electron chi connectivity index (χ3n) is 2.49. The molecule has 1 aliphatic heterocycles. The van der Waals surface area contributed by atoms with Gasteiger partial charge < -0.3 is 5.11 Å². The zero-order chi connectivity index (χ0) is 9.14. The predicted octanol–water partition coefficient (Wildman–Crippen LogP) is 0.967. The zero-order valence-corrected chi connectivity index (χ0v) is 7.36. The maximum Gasteiger partial charge on any atom is 0.307 e. The molecule has 0 spiro atoms. The Kier molecular flexibility index (Phi) is 2.87. The molecular weight excluding hydrogens is 154 g/mol. The summed E-state index contributed by atoms with van der Waals surface area (Å²) in [6, 6.07) is 0.300. The lowest BCUT2D eigenvalue weighted by atomic mass is 10.1. The molecule has 0 aromatic heterocycles. The van der Waals surface area contributed by atoms with Gasteiger partial charge in [-0.05, 0) is 19.9 Å². The van der Waals surface area contributed by atoms with Crippen molar-refractivity contribution >= 4 is 5.97 Å². The summed E-state index contributed by atoms with van der Waals surface area (Å²) in [5, 5.41) is 8.73. The first kappa shape index (κ1) is 9.26. The van der Waals surface area contributed by atoms with Gasteiger partial charge in [0.1, 0.15) is 0 Å². The largest absolute Gasteiger partial charge is 0.481 e. The molecule has 1 heterocycles. The van der Waals surface area contributed by atoms with E-state index in [1.165, 1.54) is 0 Å². The van der Waals surface area contributed by atoms with E-state index in [-0.39, 0.29) is 5.92 Å². The summed E-state index contributed by atoms with van der Waals surface area (Å²) in [5.74, 6) is -0.846. The van der Waals surface area contributed by atoms with Crippen LogP contribution in [0.25, 0.3) is 0 Å². The van der Waals surface area contributed by atoms with Crippen LogP contribution in [0.2, 0.25) is 0 Å². The number of carbonyl (C=O) groups is 1. The molecule has 0 aromatic carbocycles. The third-order valence-corrected chi connectivity index (χ3v) is 2.49. The maximum atomic E-state index is 10.6. The van der Waals surface area contributed by atoms with Crippen LogP contribution in [-0.4, -0.2) is 35.1 Å². The second-order valence-electron chi connectivity index (χ2n) is 3.30. The minimum atomic E-state index is -0.672. The molecule has 0 radical (unpaired) electrons. The van der Waals surface area contributed by atoms with Gasteiger partial charge in [-0.3, -0.25) is 9.69 Å². The van der Waals surface area contributed by atoms with Gasteiger partial charge in [0, 0.05) is 12.6 Å². The Morgan fingerprint density at radius 3 is 2.92 bits per heavy atom. The Balaban J connectivity index is 2.45. The summed E-state index contributed by atoms with van der Waals surface area (Å²) in [7, 11) is 0. The average molecular weight is 169 g/mol. The van der Waals surface area contributed by atoms with E-state index in [0.29, 0.717) is 12.6 Å². The Morgan fingerprint density at radius 1 is 1.83 bits per heavy atom. The fourth-order valence-electron chi connectivity index (χ4n) is 1.51. The number of carboxylic acids is 1. The van der Waals surface area contributed by atoms with Crippen molar-refractivity contribution in [3.05, 3.63) is 12.7 Å². The molecule has 2 atom stereocenters. The minimum Gasteiger partial charge on any atom is -0.481 e. The van der Waals surface area contributed by atoms with Gasteiger partial charge in [-0.25, -0.2) is 0 Å². The van der Waals surface area contributed by atoms with Crippen LogP contribution in [-0.2, 0) is 4.79 Å². The van der Waals surface area contributed by atoms with E-state index in [1.807, 2.05) is 13.0 Å². The van der Waals surface area contributed by atoms with E-state index in [2.05, 4.69) is 11.5 Å². The molecule has 0 aliphatic carbocycles. The second-order valence-corrected chi connectivity index (χ2v) is 3.30. The van der Waals surface area contributed by atoms with E-state index < -0.39 is 5.97 Å². The second kappa shape index (κ2) is 3.72. The van der Waals surface area contributed by atoms with E-state index in [0.717, 1.165) is 13.0 Å². The fourth-order valence-corrected chi connectivity index (χ4v) is 1.51. The normalized spacial score (nSPS) is 26.9. The van der Waals surface area contributed by atoms with Crippen LogP contribution in [0.4, 0.5) is 0 Å². The molecule has 0 amide bonds. The number of aliphatic carboxylic acids is 1. The van der Waals surface area contributed by atoms with Crippen LogP contribution >= 0.6 is 0 Å². The molecule has 1 aliphatic rings. The molecule has 1 fully saturated rings. The molecular formula is C9H15NO2. The summed E-state index contributed by atoms with van der Waals surface area (Å²) in [5.41, 5.74) is 0. The zero-order valence-electron chi connectivity index (χ0n) is 7.36. The highest BCUT2D eigenvalue weighted by molar-refractivity contribution is 5.70. The summed E-state index contributed by atoms with van der Waals surface area (Å²) < 4.78 is 0. The Morgan fingerprint density at radius 2 is 2.50 bits per heavy atom. The topological polar surface area (TPSA) is 40.5 Å². The standard InChI is InChI=1S/C9H15NO2/c1-3-7(2)10-5-4-8(6-10)9(11)12/h3,7-8H,1,4-6H2,2H3,(H,11,12). The number of nitrogens with zero attached hydrogens (tertiary/aromatic N) is 1. The van der Waals surface area contributed by atoms with Crippen LogP contribution in [0.3, 0.4) is 0 Å². The highest BCUT2D eigenvalue weighted by Crippen LogP contribution is 2.18. The van der Waals surface area contributed by atoms with Gasteiger partial charge >= 0.3 is 5.97 Å². The SMILES string of the molecule is C=CC(C)N1CCC(C(=O)O)C1. The number of carboxylic acid groups (broad SMARTS) is 1. The molecule has 2 unspecified atom stereocenters. The van der Waals surface area contributed by atoms with Gasteiger partial charge in [-0.1, -0.05) is 6.08 Å². The quantitative estimate of drug-likeness (QED) is 0.640. The van der Waals surface area contributed by atoms with E-state index >= 15 is 0 Å². The number of hydrogen-bond acceptors (Lipinski definition) is 2. The van der Waals surface area contributed by atoms with Gasteiger partial charge in [0.15, 0.2) is 0 Å². The fraction of sp³-hybridized carbons (Fsp3) is 0.667. The van der Waals surface area contributed by atoms with Crippen molar-refractivity contribution < 1.29 is 9.90 Å². The van der Waals surface area contributed by atoms with Gasteiger partial charge in [0.05, 0.1) is 5.92 Å². The first-order chi connectivity index (χ1) is 5.65. The summed E-state index contributed by atoms with van der Waals surface area (Å²) >= 11 is 0. The smallest absolute Gasteiger partial charge is 0.307 e. The molecule has 0 bridgehead atoms. The van der Waals surface area contributed by atoms with Crippen molar-refractivity contribution in [2.24, 2.45) is 5.92 Å². The third kappa shape index (κ3) is 1.85. The van der Waals surface area contributed by atoms with Gasteiger partial charge in [0.25, 0.3) is 0 Å². The van der Waals surface area contributed by atoms with Gasteiger partial charge in [-0.2, -0.15) is 0 Å². The summed E-state index contributed by atoms with van der Waals surface area (Å²) in [4.78, 5) is 12.8. The highest BCUT2D eigenvalue weighted by atomic mass is 16.4. The molecule has 1 rings (SSSR count). The number of hydrogen-bond donors (Lipinski definition) is 1. The van der Waals surface area contributed by atoms with Crippen LogP contribution in [0.5, 0.6) is 0 Å². The van der Waals surface area contributed by atoms with E-state index in [9.17, 15) is 4.79 Å². The van der Waals surface area contributed by atoms with Crippen molar-refractivity contribution in [1.29, 1.82) is 0 Å². The van der Waals surface area contributed by atoms with Gasteiger partial charge in [-0.15, -0.1) is 6.58 Å². The van der Waals surface area contributed by atoms with Crippen molar-refractivity contribution in [1.82, 2.24) is 4.90 Å². The number of likely N-dealkylation sites (tertiary alicyclic amines) is 1. The maximum absolute atomic E-state index is 10.6. The first-order valence-corrected chi connectivity index (χ1v) is 4.24. The van der Waals surface area contributed by atoms with Crippen LogP contribution in [0.1, 0.15) is 13.3 Å². The van der Waals surface area contributed by atoms with Crippen molar-refractivity contribution in [3.8, 4) is 0 Å². The van der Waals surface area contributed by atoms with E-state index in [1.54, 1.807) is 0 Å². The van der Waals surface area contributed by atoms with E-state index in [4.69, 9.17) is 5.11 Å². The summed E-state index contributed by atoms with van der Waals surface area (Å²) in [6.07, 6.45) is 2.62. The van der Waals surface area contributed by atoms with Crippen LogP contribution in [0.15, 0.2) is 12.7 Å². The molecule has 12 heavy (non-hydrogen) atoms. The lowest BCUT2D eigenvalue weighted by Gasteiger charge is -2.20. The molecule has 68 valence electrons. The highest BCUT2D eigenvalue weighted by Gasteiger charge is 2.29. The van der Waals surface area contributed by atoms with Crippen LogP contribution in [0, 0.1) is 5.92 Å². The molecule has 3 heteroatoms. The Hall–Kier alpha value is -0.830. The van der Waals surface area contributed by atoms with Crippen molar-refractivity contribution in [2.45, 2.75) is 19.4 Å². The summed E-state index contributed by atoms with van der Waals surface area (Å²) in [6.45, 7) is 7.27. The Bertz CT molecular complexity index is 191. The van der Waals surface area contributed by atoms with Crippen LogP contribution < -0.4 is 0 Å². The van der Waals surface area contributed by atoms with Crippen molar-refractivity contribution in [2.75, 3.05) is 13.1 Å². The van der Waals surface area contributed by atoms with Gasteiger partial charge in [0.2, 0.25) is 0 Å². The predicted molar refractivity (Wildman–Crippen MR) is 47.0 cm³/mol. The average Bonchev–Trinajstić information content (AvgIpc) is 2.51. The van der Waals surface area contributed by atoms with Crippen molar-refractivity contribution in [3.63, 3.8) is 0 Å². The molecule has 0 aromatic rings. The first-order valence-electron chi connectivity index (χ1n) is 4.24. The monoisotopic (exact) mass is 169 g/mol. The molecule has 3 nitrogen and oxygen atoms in total. The molecule has 1 saturated heterocycles. The molecule has 1 N–H and O–H groups in total.